The summed E-state index contributed by atoms with van der Waals surface area (Å²) in [6, 6.07) is 1.67. The second kappa shape index (κ2) is 8.41. The number of nitrogens with one attached hydrogen (secondary N) is 3. The minimum absolute atomic E-state index is 0.296. The smallest absolute Gasteiger partial charge is 0.242 e. The van der Waals surface area contributed by atoms with Crippen LogP contribution in [0.1, 0.15) is 26.5 Å². The van der Waals surface area contributed by atoms with E-state index >= 15 is 0 Å². The molecule has 1 aromatic heterocycles. The summed E-state index contributed by atoms with van der Waals surface area (Å²) < 4.78 is 26.8. The molecule has 0 aliphatic carbocycles. The zero-order valence-electron chi connectivity index (χ0n) is 12.6. The van der Waals surface area contributed by atoms with Gasteiger partial charge in [-0.1, -0.05) is 20.8 Å². The molecule has 0 radical (unpaired) electrons. The Morgan fingerprint density at radius 3 is 2.55 bits per heavy atom. The van der Waals surface area contributed by atoms with Gasteiger partial charge >= 0.3 is 0 Å². The second-order valence-corrected chi connectivity index (χ2v) is 6.33. The summed E-state index contributed by atoms with van der Waals surface area (Å²) in [5.41, 5.74) is 0.871. The minimum atomic E-state index is -3.41. The van der Waals surface area contributed by atoms with Crippen molar-refractivity contribution in [3.63, 3.8) is 0 Å². The van der Waals surface area contributed by atoms with Crippen LogP contribution in [0, 0.1) is 0 Å². The summed E-state index contributed by atoms with van der Waals surface area (Å²) in [4.78, 5) is 5.45. The molecule has 3 N–H and O–H groups in total. The number of H-pyrrole nitrogens is 1. The third kappa shape index (κ3) is 5.24. The molecule has 0 aliphatic rings. The largest absolute Gasteiger partial charge is 0.363 e. The molecule has 20 heavy (non-hydrogen) atoms. The van der Waals surface area contributed by atoms with Gasteiger partial charge in [-0.25, -0.2) is 13.1 Å². The van der Waals surface area contributed by atoms with Crippen LogP contribution in [0.5, 0.6) is 0 Å². The highest BCUT2D eigenvalue weighted by atomic mass is 32.2. The molecule has 6 nitrogen and oxygen atoms in total. The van der Waals surface area contributed by atoms with E-state index in [1.807, 2.05) is 6.92 Å². The maximum atomic E-state index is 12.1. The van der Waals surface area contributed by atoms with Crippen molar-refractivity contribution in [3.05, 3.63) is 18.0 Å². The Hall–Kier alpha value is -0.890. The standard InChI is InChI=1S/C13H26N4O2S/c1-4-14-10-12-9-13(11-15-12)20(18,19)16-7-8-17(5-2)6-3/h9,11,14-16H,4-8,10H2,1-3H3. The van der Waals surface area contributed by atoms with E-state index in [2.05, 4.69) is 33.8 Å². The molecule has 0 saturated heterocycles. The highest BCUT2D eigenvalue weighted by molar-refractivity contribution is 7.89. The molecular formula is C13H26N4O2S. The summed E-state index contributed by atoms with van der Waals surface area (Å²) in [5.74, 6) is 0. The van der Waals surface area contributed by atoms with Crippen molar-refractivity contribution in [2.45, 2.75) is 32.2 Å². The SMILES string of the molecule is CCNCc1cc(S(=O)(=O)NCCN(CC)CC)c[nH]1. The van der Waals surface area contributed by atoms with E-state index in [0.717, 1.165) is 31.9 Å². The normalized spacial score (nSPS) is 12.2. The summed E-state index contributed by atoms with van der Waals surface area (Å²) in [5, 5.41) is 3.15. The Bertz CT molecular complexity index is 480. The highest BCUT2D eigenvalue weighted by Gasteiger charge is 2.15. The van der Waals surface area contributed by atoms with Crippen LogP contribution < -0.4 is 10.0 Å². The van der Waals surface area contributed by atoms with E-state index in [9.17, 15) is 8.42 Å². The predicted octanol–water partition coefficient (Wildman–Crippen LogP) is 0.744. The molecule has 0 amide bonds. The molecule has 0 saturated carbocycles. The van der Waals surface area contributed by atoms with Crippen LogP contribution in [0.25, 0.3) is 0 Å². The van der Waals surface area contributed by atoms with E-state index in [1.165, 1.54) is 6.20 Å². The number of hydrogen-bond donors (Lipinski definition) is 3. The van der Waals surface area contributed by atoms with Gasteiger partial charge in [-0.15, -0.1) is 0 Å². The van der Waals surface area contributed by atoms with Gasteiger partial charge in [0.25, 0.3) is 0 Å². The predicted molar refractivity (Wildman–Crippen MR) is 81.1 cm³/mol. The molecular weight excluding hydrogens is 276 g/mol. The van der Waals surface area contributed by atoms with Gasteiger partial charge in [0.05, 0.1) is 4.90 Å². The summed E-state index contributed by atoms with van der Waals surface area (Å²) in [6.45, 7) is 10.6. The Labute approximate surface area is 122 Å². The second-order valence-electron chi connectivity index (χ2n) is 4.57. The average molecular weight is 302 g/mol. The number of rotatable bonds is 10. The van der Waals surface area contributed by atoms with Crippen molar-refractivity contribution < 1.29 is 8.42 Å². The average Bonchev–Trinajstić information content (AvgIpc) is 2.91. The molecule has 1 rings (SSSR count). The first-order valence-corrected chi connectivity index (χ1v) is 8.61. The van der Waals surface area contributed by atoms with E-state index < -0.39 is 10.0 Å². The van der Waals surface area contributed by atoms with Gasteiger partial charge in [0, 0.05) is 31.5 Å². The molecule has 0 atom stereocenters. The van der Waals surface area contributed by atoms with Gasteiger partial charge in [0.1, 0.15) is 0 Å². The maximum Gasteiger partial charge on any atom is 0.242 e. The summed E-state index contributed by atoms with van der Waals surface area (Å²) in [7, 11) is -3.41. The monoisotopic (exact) mass is 302 g/mol. The lowest BCUT2D eigenvalue weighted by Gasteiger charge is -2.17. The zero-order valence-corrected chi connectivity index (χ0v) is 13.4. The number of aromatic nitrogens is 1. The quantitative estimate of drug-likeness (QED) is 0.596. The molecule has 0 unspecified atom stereocenters. The van der Waals surface area contributed by atoms with Crippen LogP contribution in [-0.4, -0.2) is 51.0 Å². The number of likely N-dealkylation sites (N-methyl/N-ethyl adjacent to an activating group) is 1. The number of nitrogens with zero attached hydrogens (tertiary/aromatic N) is 1. The molecule has 0 aliphatic heterocycles. The Balaban J connectivity index is 2.53. The number of hydrogen-bond acceptors (Lipinski definition) is 4. The first kappa shape index (κ1) is 17.2. The van der Waals surface area contributed by atoms with Crippen LogP contribution in [0.3, 0.4) is 0 Å². The van der Waals surface area contributed by atoms with Crippen molar-refractivity contribution in [3.8, 4) is 0 Å². The first-order valence-electron chi connectivity index (χ1n) is 7.13. The number of aromatic amines is 1. The third-order valence-electron chi connectivity index (χ3n) is 3.21. The van der Waals surface area contributed by atoms with Crippen molar-refractivity contribution in [1.82, 2.24) is 19.9 Å². The lowest BCUT2D eigenvalue weighted by molar-refractivity contribution is 0.309. The summed E-state index contributed by atoms with van der Waals surface area (Å²) in [6.07, 6.45) is 1.53. The number of sulfonamides is 1. The van der Waals surface area contributed by atoms with Gasteiger partial charge < -0.3 is 15.2 Å². The van der Waals surface area contributed by atoms with E-state index in [-0.39, 0.29) is 0 Å². The van der Waals surface area contributed by atoms with E-state index in [0.29, 0.717) is 18.0 Å². The first-order chi connectivity index (χ1) is 9.53. The zero-order chi connectivity index (χ0) is 15.0. The molecule has 116 valence electrons. The minimum Gasteiger partial charge on any atom is -0.363 e. The highest BCUT2D eigenvalue weighted by Crippen LogP contribution is 2.10. The van der Waals surface area contributed by atoms with Gasteiger partial charge in [-0.3, -0.25) is 0 Å². The topological polar surface area (TPSA) is 77.2 Å². The van der Waals surface area contributed by atoms with Gasteiger partial charge in [-0.2, -0.15) is 0 Å². The molecule has 0 bridgehead atoms. The maximum absolute atomic E-state index is 12.1. The molecule has 0 aromatic carbocycles. The van der Waals surface area contributed by atoms with Crippen molar-refractivity contribution in [2.75, 3.05) is 32.7 Å². The van der Waals surface area contributed by atoms with Gasteiger partial charge in [0.2, 0.25) is 10.0 Å². The Kier molecular flexibility index (Phi) is 7.22. The Morgan fingerprint density at radius 2 is 1.95 bits per heavy atom. The van der Waals surface area contributed by atoms with E-state index in [1.54, 1.807) is 6.07 Å². The molecule has 0 spiro atoms. The molecule has 7 heteroatoms. The van der Waals surface area contributed by atoms with Crippen LogP contribution in [0.2, 0.25) is 0 Å². The van der Waals surface area contributed by atoms with Crippen molar-refractivity contribution in [1.29, 1.82) is 0 Å². The fourth-order valence-electron chi connectivity index (χ4n) is 1.90. The van der Waals surface area contributed by atoms with E-state index in [4.69, 9.17) is 0 Å². The van der Waals surface area contributed by atoms with Crippen LogP contribution >= 0.6 is 0 Å². The third-order valence-corrected chi connectivity index (χ3v) is 4.65. The fourth-order valence-corrected chi connectivity index (χ4v) is 2.94. The summed E-state index contributed by atoms with van der Waals surface area (Å²) >= 11 is 0. The lowest BCUT2D eigenvalue weighted by Crippen LogP contribution is -2.34. The molecule has 1 aromatic rings. The van der Waals surface area contributed by atoms with Crippen molar-refractivity contribution in [2.24, 2.45) is 0 Å². The Morgan fingerprint density at radius 1 is 1.25 bits per heavy atom. The van der Waals surface area contributed by atoms with Gasteiger partial charge in [0.15, 0.2) is 0 Å². The van der Waals surface area contributed by atoms with Gasteiger partial charge in [-0.05, 0) is 25.7 Å². The molecule has 1 heterocycles. The fraction of sp³-hybridized carbons (Fsp3) is 0.692. The van der Waals surface area contributed by atoms with Crippen molar-refractivity contribution >= 4 is 10.0 Å². The van der Waals surface area contributed by atoms with Crippen LogP contribution in [-0.2, 0) is 16.6 Å². The lowest BCUT2D eigenvalue weighted by atomic mass is 10.4. The van der Waals surface area contributed by atoms with Crippen LogP contribution in [0.4, 0.5) is 0 Å². The molecule has 0 fully saturated rings. The van der Waals surface area contributed by atoms with Crippen LogP contribution in [0.15, 0.2) is 17.2 Å².